The van der Waals surface area contributed by atoms with Gasteiger partial charge in [0.2, 0.25) is 18.6 Å². The molecule has 0 bridgehead atoms. The van der Waals surface area contributed by atoms with Gasteiger partial charge >= 0.3 is 0 Å². The molecule has 10 nitrogen and oxygen atoms in total. The predicted molar refractivity (Wildman–Crippen MR) is 150 cm³/mol. The fraction of sp³-hybridized carbons (Fsp3) is 0.419. The third-order valence-corrected chi connectivity index (χ3v) is 7.11. The predicted octanol–water partition coefficient (Wildman–Crippen LogP) is 3.22. The number of nitrogens with zero attached hydrogens (tertiary/aromatic N) is 3. The molecule has 0 N–H and O–H groups in total. The van der Waals surface area contributed by atoms with Crippen molar-refractivity contribution in [3.05, 3.63) is 83.3 Å². The average molecular weight is 564 g/mol. The molecule has 10 heteroatoms. The van der Waals surface area contributed by atoms with E-state index in [-0.39, 0.29) is 38.3 Å². The van der Waals surface area contributed by atoms with Gasteiger partial charge in [-0.1, -0.05) is 36.4 Å². The lowest BCUT2D eigenvalue weighted by atomic mass is 10.2. The number of ether oxygens (including phenoxy) is 4. The molecule has 3 heterocycles. The van der Waals surface area contributed by atoms with E-state index in [9.17, 15) is 9.59 Å². The molecule has 1 fully saturated rings. The van der Waals surface area contributed by atoms with Gasteiger partial charge in [-0.25, -0.2) is 0 Å². The Morgan fingerprint density at radius 2 is 1.68 bits per heavy atom. The summed E-state index contributed by atoms with van der Waals surface area (Å²) < 4.78 is 28.0. The first kappa shape index (κ1) is 28.7. The molecule has 0 spiro atoms. The summed E-state index contributed by atoms with van der Waals surface area (Å²) in [5.74, 6) is 2.38. The smallest absolute Gasteiger partial charge is 0.249 e. The zero-order valence-corrected chi connectivity index (χ0v) is 23.5. The second-order valence-electron chi connectivity index (χ2n) is 10.2. The fourth-order valence-corrected chi connectivity index (χ4v) is 4.81. The van der Waals surface area contributed by atoms with Gasteiger partial charge < -0.3 is 33.2 Å². The van der Waals surface area contributed by atoms with Crippen LogP contribution < -0.4 is 9.47 Å². The Balaban J connectivity index is 1.27. The Bertz CT molecular complexity index is 1290. The maximum Gasteiger partial charge on any atom is 0.249 e. The zero-order valence-electron chi connectivity index (χ0n) is 23.5. The highest BCUT2D eigenvalue weighted by atomic mass is 16.7. The number of amides is 2. The minimum atomic E-state index is -0.223. The van der Waals surface area contributed by atoms with E-state index in [4.69, 9.17) is 23.4 Å². The molecule has 41 heavy (non-hydrogen) atoms. The lowest BCUT2D eigenvalue weighted by Crippen LogP contribution is -2.48. The molecule has 2 amide bonds. The third-order valence-electron chi connectivity index (χ3n) is 7.11. The first-order chi connectivity index (χ1) is 20.0. The maximum atomic E-state index is 13.8. The largest absolute Gasteiger partial charge is 0.464 e. The van der Waals surface area contributed by atoms with E-state index in [0.29, 0.717) is 56.7 Å². The number of hydrogen-bond donors (Lipinski definition) is 0. The molecule has 0 unspecified atom stereocenters. The highest BCUT2D eigenvalue weighted by Gasteiger charge is 2.24. The van der Waals surface area contributed by atoms with Crippen LogP contribution in [0.15, 0.2) is 65.1 Å². The lowest BCUT2D eigenvalue weighted by molar-refractivity contribution is -0.144. The molecule has 0 radical (unpaired) electrons. The number of aryl methyl sites for hydroxylation is 1. The van der Waals surface area contributed by atoms with Crippen LogP contribution in [0, 0.1) is 6.92 Å². The van der Waals surface area contributed by atoms with Crippen LogP contribution in [0.2, 0.25) is 0 Å². The quantitative estimate of drug-likeness (QED) is 0.313. The molecule has 2 aliphatic rings. The molecule has 0 atom stereocenters. The van der Waals surface area contributed by atoms with Gasteiger partial charge in [-0.2, -0.15) is 0 Å². The average Bonchev–Trinajstić information content (AvgIpc) is 3.64. The summed E-state index contributed by atoms with van der Waals surface area (Å²) in [7, 11) is 0. The maximum absolute atomic E-state index is 13.8. The minimum Gasteiger partial charge on any atom is -0.464 e. The number of furan rings is 1. The second kappa shape index (κ2) is 14.2. The van der Waals surface area contributed by atoms with Crippen molar-refractivity contribution in [1.29, 1.82) is 0 Å². The Hall–Kier alpha value is -3.86. The van der Waals surface area contributed by atoms with E-state index in [2.05, 4.69) is 4.90 Å². The van der Waals surface area contributed by atoms with Crippen LogP contribution in [0.5, 0.6) is 11.5 Å². The van der Waals surface area contributed by atoms with E-state index in [0.717, 1.165) is 30.0 Å². The molecule has 1 aromatic heterocycles. The van der Waals surface area contributed by atoms with Crippen LogP contribution in [-0.4, -0.2) is 85.9 Å². The van der Waals surface area contributed by atoms with Crippen molar-refractivity contribution < 1.29 is 33.0 Å². The van der Waals surface area contributed by atoms with E-state index < -0.39 is 0 Å². The second-order valence-corrected chi connectivity index (χ2v) is 10.2. The standard InChI is InChI=1S/C31H37N3O7/c1-24-7-9-27(41-24)19-34(18-26-8-10-28-29(17-26)40-23-39-28)30(35)20-33(12-11-32-13-15-37-16-14-32)31(36)22-38-21-25-5-3-2-4-6-25/h2-10,17H,11-16,18-23H2,1H3. The highest BCUT2D eigenvalue weighted by molar-refractivity contribution is 5.85. The normalized spacial score (nSPS) is 14.7. The minimum absolute atomic E-state index is 0.0673. The summed E-state index contributed by atoms with van der Waals surface area (Å²) in [5.41, 5.74) is 1.88. The fourth-order valence-electron chi connectivity index (χ4n) is 4.81. The summed E-state index contributed by atoms with van der Waals surface area (Å²) in [6.45, 7) is 6.80. The topological polar surface area (TPSA) is 93.9 Å². The summed E-state index contributed by atoms with van der Waals surface area (Å²) in [6, 6.07) is 19.1. The Morgan fingerprint density at radius 3 is 2.46 bits per heavy atom. The van der Waals surface area contributed by atoms with Crippen LogP contribution in [0.25, 0.3) is 0 Å². The molecule has 1 saturated heterocycles. The Kier molecular flexibility index (Phi) is 9.90. The molecular formula is C31H37N3O7. The van der Waals surface area contributed by atoms with Gasteiger partial charge in [-0.05, 0) is 42.3 Å². The van der Waals surface area contributed by atoms with Crippen LogP contribution in [0.3, 0.4) is 0 Å². The van der Waals surface area contributed by atoms with E-state index in [1.165, 1.54) is 0 Å². The summed E-state index contributed by atoms with van der Waals surface area (Å²) in [5, 5.41) is 0. The van der Waals surface area contributed by atoms with Gasteiger partial charge in [0.1, 0.15) is 18.1 Å². The third kappa shape index (κ3) is 8.32. The Morgan fingerprint density at radius 1 is 0.878 bits per heavy atom. The van der Waals surface area contributed by atoms with Gasteiger partial charge in [0.15, 0.2) is 11.5 Å². The number of hydrogen-bond acceptors (Lipinski definition) is 8. The van der Waals surface area contributed by atoms with E-state index in [1.54, 1.807) is 9.80 Å². The number of fused-ring (bicyclic) bond motifs is 1. The molecule has 2 aromatic carbocycles. The molecule has 3 aromatic rings. The van der Waals surface area contributed by atoms with Gasteiger partial charge in [-0.3, -0.25) is 14.5 Å². The number of carbonyl (C=O) groups excluding carboxylic acids is 2. The van der Waals surface area contributed by atoms with Crippen molar-refractivity contribution in [3.8, 4) is 11.5 Å². The van der Waals surface area contributed by atoms with Crippen LogP contribution in [-0.2, 0) is 38.8 Å². The van der Waals surface area contributed by atoms with Crippen molar-refractivity contribution in [2.75, 3.05) is 59.3 Å². The van der Waals surface area contributed by atoms with Crippen molar-refractivity contribution in [3.63, 3.8) is 0 Å². The first-order valence-corrected chi connectivity index (χ1v) is 13.9. The molecule has 0 aliphatic carbocycles. The number of carbonyl (C=O) groups is 2. The monoisotopic (exact) mass is 563 g/mol. The zero-order chi connectivity index (χ0) is 28.4. The van der Waals surface area contributed by atoms with Crippen molar-refractivity contribution in [2.45, 2.75) is 26.6 Å². The van der Waals surface area contributed by atoms with Crippen molar-refractivity contribution >= 4 is 11.8 Å². The van der Waals surface area contributed by atoms with E-state index >= 15 is 0 Å². The van der Waals surface area contributed by atoms with E-state index in [1.807, 2.05) is 67.6 Å². The molecular weight excluding hydrogens is 526 g/mol. The van der Waals surface area contributed by atoms with Crippen LogP contribution in [0.1, 0.15) is 22.6 Å². The molecule has 5 rings (SSSR count). The van der Waals surface area contributed by atoms with Gasteiger partial charge in [0, 0.05) is 32.7 Å². The van der Waals surface area contributed by atoms with Gasteiger partial charge in [0.05, 0.1) is 32.9 Å². The van der Waals surface area contributed by atoms with Gasteiger partial charge in [0.25, 0.3) is 0 Å². The van der Waals surface area contributed by atoms with Gasteiger partial charge in [-0.15, -0.1) is 0 Å². The molecule has 218 valence electrons. The summed E-state index contributed by atoms with van der Waals surface area (Å²) >= 11 is 0. The molecule has 0 saturated carbocycles. The Labute approximate surface area is 240 Å². The van der Waals surface area contributed by atoms with Crippen molar-refractivity contribution in [1.82, 2.24) is 14.7 Å². The molecule has 2 aliphatic heterocycles. The van der Waals surface area contributed by atoms with Crippen LogP contribution in [0.4, 0.5) is 0 Å². The van der Waals surface area contributed by atoms with Crippen LogP contribution >= 0.6 is 0 Å². The lowest BCUT2D eigenvalue weighted by Gasteiger charge is -2.31. The SMILES string of the molecule is Cc1ccc(CN(Cc2ccc3c(c2)OCO3)C(=O)CN(CCN2CCOCC2)C(=O)COCc2ccccc2)o1. The first-order valence-electron chi connectivity index (χ1n) is 13.9. The number of rotatable bonds is 13. The summed E-state index contributed by atoms with van der Waals surface area (Å²) in [6.07, 6.45) is 0. The number of benzene rings is 2. The van der Waals surface area contributed by atoms with Crippen molar-refractivity contribution in [2.24, 2.45) is 0 Å². The summed E-state index contributed by atoms with van der Waals surface area (Å²) in [4.78, 5) is 32.7. The number of morpholine rings is 1. The highest BCUT2D eigenvalue weighted by Crippen LogP contribution is 2.33.